The molecule has 0 aliphatic rings. The summed E-state index contributed by atoms with van der Waals surface area (Å²) in [6.45, 7) is 3.81. The molecule has 1 heterocycles. The van der Waals surface area contributed by atoms with Gasteiger partial charge in [-0.1, -0.05) is 22.0 Å². The molecule has 4 heteroatoms. The van der Waals surface area contributed by atoms with Crippen molar-refractivity contribution in [2.24, 2.45) is 0 Å². The van der Waals surface area contributed by atoms with Crippen LogP contribution in [0.25, 0.3) is 0 Å². The van der Waals surface area contributed by atoms with Gasteiger partial charge in [-0.3, -0.25) is 0 Å². The van der Waals surface area contributed by atoms with E-state index in [1.807, 2.05) is 32.0 Å². The molecule has 0 aliphatic carbocycles. The fourth-order valence-corrected chi connectivity index (χ4v) is 1.87. The van der Waals surface area contributed by atoms with Crippen LogP contribution in [0.3, 0.4) is 0 Å². The van der Waals surface area contributed by atoms with Crippen molar-refractivity contribution in [3.63, 3.8) is 0 Å². The molecule has 2 rings (SSSR count). The third-order valence-electron chi connectivity index (χ3n) is 2.59. The SMILES string of the molecule is Cc1ccc(Br)cc1Oc1nccc(C)c1C#N. The van der Waals surface area contributed by atoms with Crippen LogP contribution in [0.2, 0.25) is 0 Å². The highest BCUT2D eigenvalue weighted by molar-refractivity contribution is 9.10. The molecule has 2 aromatic rings. The number of pyridine rings is 1. The second-order valence-electron chi connectivity index (χ2n) is 3.93. The predicted molar refractivity (Wildman–Crippen MR) is 72.6 cm³/mol. The molecule has 0 saturated heterocycles. The molecule has 0 bridgehead atoms. The molecule has 0 atom stereocenters. The van der Waals surface area contributed by atoms with Gasteiger partial charge in [0.15, 0.2) is 0 Å². The fourth-order valence-electron chi connectivity index (χ4n) is 1.53. The minimum atomic E-state index is 0.346. The van der Waals surface area contributed by atoms with Gasteiger partial charge in [-0.15, -0.1) is 0 Å². The first-order chi connectivity index (χ1) is 8.61. The van der Waals surface area contributed by atoms with Crippen LogP contribution in [-0.2, 0) is 0 Å². The number of rotatable bonds is 2. The zero-order valence-corrected chi connectivity index (χ0v) is 11.7. The Kier molecular flexibility index (Phi) is 3.63. The second kappa shape index (κ2) is 5.19. The lowest BCUT2D eigenvalue weighted by Crippen LogP contribution is -1.95. The number of ether oxygens (including phenoxy) is 1. The zero-order valence-electron chi connectivity index (χ0n) is 10.1. The van der Waals surface area contributed by atoms with Crippen LogP contribution in [0.15, 0.2) is 34.9 Å². The number of halogens is 1. The van der Waals surface area contributed by atoms with Gasteiger partial charge in [-0.05, 0) is 43.2 Å². The average Bonchev–Trinajstić information content (AvgIpc) is 2.34. The molecular formula is C14H11BrN2O. The van der Waals surface area contributed by atoms with E-state index in [0.717, 1.165) is 15.6 Å². The summed E-state index contributed by atoms with van der Waals surface area (Å²) in [5, 5.41) is 9.12. The number of hydrogen-bond acceptors (Lipinski definition) is 3. The van der Waals surface area contributed by atoms with Gasteiger partial charge in [0, 0.05) is 10.7 Å². The minimum absolute atomic E-state index is 0.346. The van der Waals surface area contributed by atoms with Crippen LogP contribution < -0.4 is 4.74 Å². The first-order valence-corrected chi connectivity index (χ1v) is 6.21. The highest BCUT2D eigenvalue weighted by Gasteiger charge is 2.10. The van der Waals surface area contributed by atoms with E-state index in [4.69, 9.17) is 10.00 Å². The van der Waals surface area contributed by atoms with Crippen LogP contribution in [0, 0.1) is 25.2 Å². The Hall–Kier alpha value is -1.86. The van der Waals surface area contributed by atoms with Gasteiger partial charge in [-0.2, -0.15) is 5.26 Å². The molecule has 0 spiro atoms. The van der Waals surface area contributed by atoms with E-state index in [2.05, 4.69) is 27.0 Å². The maximum Gasteiger partial charge on any atom is 0.237 e. The van der Waals surface area contributed by atoms with Gasteiger partial charge >= 0.3 is 0 Å². The Morgan fingerprint density at radius 1 is 1.22 bits per heavy atom. The normalized spacial score (nSPS) is 9.89. The van der Waals surface area contributed by atoms with E-state index >= 15 is 0 Å². The van der Waals surface area contributed by atoms with Crippen LogP contribution in [0.4, 0.5) is 0 Å². The van der Waals surface area contributed by atoms with Gasteiger partial charge < -0.3 is 4.74 Å². The highest BCUT2D eigenvalue weighted by Crippen LogP contribution is 2.29. The molecule has 0 N–H and O–H groups in total. The summed E-state index contributed by atoms with van der Waals surface area (Å²) in [4.78, 5) is 4.12. The Morgan fingerprint density at radius 3 is 2.72 bits per heavy atom. The quantitative estimate of drug-likeness (QED) is 0.838. The van der Waals surface area contributed by atoms with E-state index in [1.54, 1.807) is 12.3 Å². The Bertz CT molecular complexity index is 632. The van der Waals surface area contributed by atoms with E-state index in [-0.39, 0.29) is 0 Å². The summed E-state index contributed by atoms with van der Waals surface area (Å²) in [6.07, 6.45) is 1.64. The maximum absolute atomic E-state index is 9.12. The third-order valence-corrected chi connectivity index (χ3v) is 3.09. The van der Waals surface area contributed by atoms with Crippen molar-refractivity contribution in [2.75, 3.05) is 0 Å². The molecule has 1 aromatic carbocycles. The van der Waals surface area contributed by atoms with Crippen molar-refractivity contribution in [1.29, 1.82) is 5.26 Å². The number of benzene rings is 1. The van der Waals surface area contributed by atoms with Gasteiger partial charge in [-0.25, -0.2) is 4.98 Å². The topological polar surface area (TPSA) is 45.9 Å². The minimum Gasteiger partial charge on any atom is -0.437 e. The van der Waals surface area contributed by atoms with Crippen LogP contribution in [-0.4, -0.2) is 4.98 Å². The maximum atomic E-state index is 9.12. The summed E-state index contributed by atoms with van der Waals surface area (Å²) in [6, 6.07) is 9.66. The molecule has 0 aliphatic heterocycles. The van der Waals surface area contributed by atoms with E-state index in [0.29, 0.717) is 17.2 Å². The van der Waals surface area contributed by atoms with Gasteiger partial charge in [0.25, 0.3) is 0 Å². The molecular weight excluding hydrogens is 292 g/mol. The third kappa shape index (κ3) is 2.52. The number of aromatic nitrogens is 1. The van der Waals surface area contributed by atoms with Gasteiger partial charge in [0.1, 0.15) is 17.4 Å². The van der Waals surface area contributed by atoms with Crippen molar-refractivity contribution < 1.29 is 4.74 Å². The highest BCUT2D eigenvalue weighted by atomic mass is 79.9. The van der Waals surface area contributed by atoms with Crippen LogP contribution in [0.5, 0.6) is 11.6 Å². The predicted octanol–water partition coefficient (Wildman–Crippen LogP) is 4.12. The number of aryl methyl sites for hydroxylation is 2. The fraction of sp³-hybridized carbons (Fsp3) is 0.143. The van der Waals surface area contributed by atoms with E-state index < -0.39 is 0 Å². The summed E-state index contributed by atoms with van der Waals surface area (Å²) in [5.41, 5.74) is 2.32. The van der Waals surface area contributed by atoms with E-state index in [1.165, 1.54) is 0 Å². The Balaban J connectivity index is 2.44. The molecule has 1 aromatic heterocycles. The lowest BCUT2D eigenvalue weighted by atomic mass is 10.2. The number of nitriles is 1. The number of hydrogen-bond donors (Lipinski definition) is 0. The van der Waals surface area contributed by atoms with Crippen molar-refractivity contribution in [1.82, 2.24) is 4.98 Å². The molecule has 0 amide bonds. The summed E-state index contributed by atoms with van der Waals surface area (Å²) >= 11 is 3.39. The van der Waals surface area contributed by atoms with Gasteiger partial charge in [0.05, 0.1) is 0 Å². The smallest absolute Gasteiger partial charge is 0.237 e. The average molecular weight is 303 g/mol. The van der Waals surface area contributed by atoms with Crippen molar-refractivity contribution in [3.8, 4) is 17.7 Å². The first kappa shape index (κ1) is 12.6. The lowest BCUT2D eigenvalue weighted by Gasteiger charge is -2.10. The van der Waals surface area contributed by atoms with Gasteiger partial charge in [0.2, 0.25) is 5.88 Å². The van der Waals surface area contributed by atoms with Crippen molar-refractivity contribution in [2.45, 2.75) is 13.8 Å². The molecule has 18 heavy (non-hydrogen) atoms. The molecule has 0 radical (unpaired) electrons. The molecule has 3 nitrogen and oxygen atoms in total. The zero-order chi connectivity index (χ0) is 13.1. The molecule has 0 unspecified atom stereocenters. The van der Waals surface area contributed by atoms with E-state index in [9.17, 15) is 0 Å². The van der Waals surface area contributed by atoms with Crippen molar-refractivity contribution in [3.05, 3.63) is 51.6 Å². The standard InChI is InChI=1S/C14H11BrN2O/c1-9-5-6-17-14(12(9)8-16)18-13-7-11(15)4-3-10(13)2/h3-7H,1-2H3. The monoisotopic (exact) mass is 302 g/mol. The number of nitrogens with zero attached hydrogens (tertiary/aromatic N) is 2. The summed E-state index contributed by atoms with van der Waals surface area (Å²) in [7, 11) is 0. The molecule has 0 saturated carbocycles. The Labute approximate surface area is 114 Å². The summed E-state index contributed by atoms with van der Waals surface area (Å²) < 4.78 is 6.65. The van der Waals surface area contributed by atoms with Crippen molar-refractivity contribution >= 4 is 15.9 Å². The molecule has 0 fully saturated rings. The molecule has 90 valence electrons. The summed E-state index contributed by atoms with van der Waals surface area (Å²) in [5.74, 6) is 1.04. The lowest BCUT2D eigenvalue weighted by molar-refractivity contribution is 0.457. The second-order valence-corrected chi connectivity index (χ2v) is 4.85. The van der Waals surface area contributed by atoms with Crippen LogP contribution in [0.1, 0.15) is 16.7 Å². The largest absolute Gasteiger partial charge is 0.437 e. The Morgan fingerprint density at radius 2 is 2.00 bits per heavy atom. The van der Waals surface area contributed by atoms with Crippen LogP contribution >= 0.6 is 15.9 Å². The first-order valence-electron chi connectivity index (χ1n) is 5.41.